The van der Waals surface area contributed by atoms with Crippen molar-refractivity contribution in [1.29, 1.82) is 0 Å². The summed E-state index contributed by atoms with van der Waals surface area (Å²) < 4.78 is 34.3. The molecule has 0 rings (SSSR count). The molecule has 0 radical (unpaired) electrons. The first-order chi connectivity index (χ1) is 4.84. The first-order valence-corrected chi connectivity index (χ1v) is 2.93. The second-order valence-electron chi connectivity index (χ2n) is 2.12. The zero-order valence-corrected chi connectivity index (χ0v) is 8.82. The number of halogens is 3. The number of carbonyl (C=O) groups is 2. The van der Waals surface area contributed by atoms with Crippen LogP contribution in [-0.4, -0.2) is 17.7 Å². The Morgan fingerprint density at radius 1 is 1.17 bits per heavy atom. The van der Waals surface area contributed by atoms with Crippen LogP contribution in [-0.2, 0) is 35.8 Å². The van der Waals surface area contributed by atoms with E-state index < -0.39 is 24.2 Å². The zero-order valence-electron chi connectivity index (χ0n) is 6.36. The minimum absolute atomic E-state index is 0. The van der Waals surface area contributed by atoms with E-state index in [1.54, 1.807) is 0 Å². The van der Waals surface area contributed by atoms with Gasteiger partial charge in [0.2, 0.25) is 5.78 Å². The van der Waals surface area contributed by atoms with E-state index in [0.717, 1.165) is 6.92 Å². The molecule has 0 aliphatic heterocycles. The first kappa shape index (κ1) is 14.5. The zero-order chi connectivity index (χ0) is 9.07. The molecular formula is C6H7F3O2Zr. The first-order valence-electron chi connectivity index (χ1n) is 2.93. The maximum Gasteiger partial charge on any atom is 0.449 e. The Bertz CT molecular complexity index is 176. The van der Waals surface area contributed by atoms with Gasteiger partial charge in [-0.25, -0.2) is 0 Å². The number of Topliss-reactive ketones (excluding diaryl/α,β-unsaturated/α-hetero) is 2. The summed E-state index contributed by atoms with van der Waals surface area (Å²) in [5.74, 6) is -2.25. The average Bonchev–Trinajstić information content (AvgIpc) is 1.80. The Morgan fingerprint density at radius 2 is 1.58 bits per heavy atom. The molecule has 0 aromatic heterocycles. The predicted molar refractivity (Wildman–Crippen MR) is 31.0 cm³/mol. The van der Waals surface area contributed by atoms with Gasteiger partial charge in [-0.3, -0.25) is 4.79 Å². The molecule has 0 atom stereocenters. The number of ketones is 2. The SMILES string of the molecule is CC(=O)CCC(=O)C(F)(F)F.[Zr]. The Kier molecular flexibility index (Phi) is 6.81. The Hall–Kier alpha value is 0.0131. The van der Waals surface area contributed by atoms with Crippen LogP contribution in [0.25, 0.3) is 0 Å². The number of rotatable bonds is 3. The van der Waals surface area contributed by atoms with Crippen molar-refractivity contribution in [2.75, 3.05) is 0 Å². The van der Waals surface area contributed by atoms with Crippen molar-refractivity contribution in [1.82, 2.24) is 0 Å². The van der Waals surface area contributed by atoms with E-state index in [2.05, 4.69) is 0 Å². The summed E-state index contributed by atoms with van der Waals surface area (Å²) in [5.41, 5.74) is 0. The van der Waals surface area contributed by atoms with Gasteiger partial charge in [-0.1, -0.05) is 0 Å². The summed E-state index contributed by atoms with van der Waals surface area (Å²) in [6.07, 6.45) is -5.87. The molecule has 0 fully saturated rings. The van der Waals surface area contributed by atoms with Crippen LogP contribution in [0.5, 0.6) is 0 Å². The molecule has 0 aliphatic rings. The molecule has 68 valence electrons. The fraction of sp³-hybridized carbons (Fsp3) is 0.667. The van der Waals surface area contributed by atoms with E-state index in [9.17, 15) is 22.8 Å². The van der Waals surface area contributed by atoms with Crippen molar-refractivity contribution in [3.8, 4) is 0 Å². The van der Waals surface area contributed by atoms with E-state index in [1.807, 2.05) is 0 Å². The summed E-state index contributed by atoms with van der Waals surface area (Å²) in [6.45, 7) is 1.14. The summed E-state index contributed by atoms with van der Waals surface area (Å²) in [4.78, 5) is 20.2. The van der Waals surface area contributed by atoms with Gasteiger partial charge < -0.3 is 4.79 Å². The summed E-state index contributed by atoms with van der Waals surface area (Å²) >= 11 is 0. The fourth-order valence-electron chi connectivity index (χ4n) is 0.431. The average molecular weight is 259 g/mol. The van der Waals surface area contributed by atoms with E-state index >= 15 is 0 Å². The quantitative estimate of drug-likeness (QED) is 0.769. The van der Waals surface area contributed by atoms with E-state index in [4.69, 9.17) is 0 Å². The molecule has 0 aromatic rings. The maximum atomic E-state index is 11.4. The van der Waals surface area contributed by atoms with Crippen LogP contribution in [0.1, 0.15) is 19.8 Å². The van der Waals surface area contributed by atoms with Gasteiger partial charge in [0.1, 0.15) is 5.78 Å². The molecule has 2 nitrogen and oxygen atoms in total. The van der Waals surface area contributed by atoms with Crippen molar-refractivity contribution >= 4 is 11.6 Å². The molecular weight excluding hydrogens is 252 g/mol. The fourth-order valence-corrected chi connectivity index (χ4v) is 0.431. The molecule has 0 saturated heterocycles. The molecule has 0 N–H and O–H groups in total. The molecule has 0 unspecified atom stereocenters. The molecule has 0 saturated carbocycles. The minimum atomic E-state index is -4.80. The Labute approximate surface area is 86.6 Å². The minimum Gasteiger partial charge on any atom is -0.300 e. The third kappa shape index (κ3) is 6.71. The van der Waals surface area contributed by atoms with Crippen LogP contribution in [0.15, 0.2) is 0 Å². The van der Waals surface area contributed by atoms with Gasteiger partial charge in [-0.05, 0) is 6.92 Å². The second-order valence-corrected chi connectivity index (χ2v) is 2.12. The third-order valence-corrected chi connectivity index (χ3v) is 1.02. The van der Waals surface area contributed by atoms with Crippen LogP contribution in [0, 0.1) is 0 Å². The van der Waals surface area contributed by atoms with E-state index in [0.29, 0.717) is 0 Å². The van der Waals surface area contributed by atoms with Crippen LogP contribution in [0.3, 0.4) is 0 Å². The van der Waals surface area contributed by atoms with Gasteiger partial charge in [-0.15, -0.1) is 0 Å². The van der Waals surface area contributed by atoms with E-state index in [1.165, 1.54) is 0 Å². The number of hydrogen-bond acceptors (Lipinski definition) is 2. The molecule has 0 bridgehead atoms. The largest absolute Gasteiger partial charge is 0.449 e. The van der Waals surface area contributed by atoms with Gasteiger partial charge in [0.25, 0.3) is 0 Å². The topological polar surface area (TPSA) is 34.1 Å². The van der Waals surface area contributed by atoms with Crippen LogP contribution in [0.2, 0.25) is 0 Å². The molecule has 0 heterocycles. The number of alkyl halides is 3. The van der Waals surface area contributed by atoms with Crippen LogP contribution >= 0.6 is 0 Å². The third-order valence-electron chi connectivity index (χ3n) is 1.02. The molecule has 0 aliphatic carbocycles. The van der Waals surface area contributed by atoms with Gasteiger partial charge in [0.15, 0.2) is 0 Å². The van der Waals surface area contributed by atoms with Crippen LogP contribution < -0.4 is 0 Å². The monoisotopic (exact) mass is 258 g/mol. The molecule has 12 heavy (non-hydrogen) atoms. The van der Waals surface area contributed by atoms with Crippen LogP contribution in [0.4, 0.5) is 13.2 Å². The summed E-state index contributed by atoms with van der Waals surface area (Å²) in [6, 6.07) is 0. The Morgan fingerprint density at radius 3 is 1.83 bits per heavy atom. The molecule has 0 amide bonds. The van der Waals surface area contributed by atoms with Crippen molar-refractivity contribution in [3.05, 3.63) is 0 Å². The Balaban J connectivity index is 0. The molecule has 6 heteroatoms. The van der Waals surface area contributed by atoms with Crippen molar-refractivity contribution in [2.45, 2.75) is 25.9 Å². The molecule has 0 aromatic carbocycles. The maximum absolute atomic E-state index is 11.4. The smallest absolute Gasteiger partial charge is 0.300 e. The standard InChI is InChI=1S/C6H7F3O2.Zr/c1-4(10)2-3-5(11)6(7,8)9;/h2-3H2,1H3;. The van der Waals surface area contributed by atoms with Gasteiger partial charge in [0, 0.05) is 39.0 Å². The number of hydrogen-bond donors (Lipinski definition) is 0. The normalized spacial score (nSPS) is 10.3. The van der Waals surface area contributed by atoms with Crippen molar-refractivity contribution in [2.24, 2.45) is 0 Å². The van der Waals surface area contributed by atoms with Crippen molar-refractivity contribution in [3.63, 3.8) is 0 Å². The predicted octanol–water partition coefficient (Wildman–Crippen LogP) is 1.48. The van der Waals surface area contributed by atoms with E-state index in [-0.39, 0.29) is 32.6 Å². The van der Waals surface area contributed by atoms with Gasteiger partial charge in [0.05, 0.1) is 0 Å². The summed E-state index contributed by atoms with van der Waals surface area (Å²) in [7, 11) is 0. The van der Waals surface area contributed by atoms with Gasteiger partial charge >= 0.3 is 6.18 Å². The molecule has 0 spiro atoms. The number of carbonyl (C=O) groups excluding carboxylic acids is 2. The second kappa shape index (κ2) is 5.62. The summed E-state index contributed by atoms with van der Waals surface area (Å²) in [5, 5.41) is 0. The van der Waals surface area contributed by atoms with Gasteiger partial charge in [-0.2, -0.15) is 13.2 Å². The van der Waals surface area contributed by atoms with Crippen molar-refractivity contribution < 1.29 is 49.0 Å².